The number of aromatic nitrogens is 3. The predicted octanol–water partition coefficient (Wildman–Crippen LogP) is 7.48. The van der Waals surface area contributed by atoms with E-state index in [1.165, 1.54) is 0 Å². The van der Waals surface area contributed by atoms with Gasteiger partial charge in [-0.15, -0.1) is 0 Å². The molecule has 2 aromatic heterocycles. The number of carboxylic acid groups (broad SMARTS) is 1. The van der Waals surface area contributed by atoms with Crippen molar-refractivity contribution in [3.63, 3.8) is 0 Å². The first kappa shape index (κ1) is 41.1. The molecule has 1 fully saturated rings. The van der Waals surface area contributed by atoms with Gasteiger partial charge in [0.05, 0.1) is 16.6 Å². The Labute approximate surface area is 279 Å². The number of aryl methyl sites for hydroxylation is 2. The third-order valence-electron chi connectivity index (χ3n) is 7.36. The molecule has 4 aromatic rings. The molecule has 0 radical (unpaired) electrons. The van der Waals surface area contributed by atoms with E-state index in [0.717, 1.165) is 52.1 Å². The molecule has 0 bridgehead atoms. The maximum Gasteiger partial charge on any atom is 0.417 e. The van der Waals surface area contributed by atoms with E-state index < -0.39 is 23.6 Å². The van der Waals surface area contributed by atoms with Gasteiger partial charge in [-0.1, -0.05) is 62.9 Å². The van der Waals surface area contributed by atoms with Crippen molar-refractivity contribution in [3.05, 3.63) is 84.2 Å². The maximum absolute atomic E-state index is 12.0. The normalized spacial score (nSPS) is 16.8. The van der Waals surface area contributed by atoms with Crippen LogP contribution < -0.4 is 10.0 Å². The second-order valence-corrected chi connectivity index (χ2v) is 10.7. The minimum absolute atomic E-state index is 0. The van der Waals surface area contributed by atoms with Gasteiger partial charge in [-0.3, -0.25) is 14.3 Å². The summed E-state index contributed by atoms with van der Waals surface area (Å²) >= 11 is 3.54. The zero-order valence-corrected chi connectivity index (χ0v) is 31.2. The summed E-state index contributed by atoms with van der Waals surface area (Å²) in [5.74, 6) is -0.212. The van der Waals surface area contributed by atoms with Gasteiger partial charge in [-0.05, 0) is 74.2 Å². The van der Waals surface area contributed by atoms with Gasteiger partial charge in [-0.2, -0.15) is 19.6 Å². The van der Waals surface area contributed by atoms with Crippen molar-refractivity contribution in [1.29, 1.82) is 0 Å². The summed E-state index contributed by atoms with van der Waals surface area (Å²) in [6, 6.07) is 16.5. The number of nitrogens with zero attached hydrogens (tertiary/aromatic N) is 3. The van der Waals surface area contributed by atoms with Crippen LogP contribution in [0.3, 0.4) is 0 Å². The summed E-state index contributed by atoms with van der Waals surface area (Å²) in [5, 5.41) is 11.8. The van der Waals surface area contributed by atoms with Crippen LogP contribution in [-0.4, -0.2) is 51.8 Å². The first-order valence-electron chi connectivity index (χ1n) is 15.2. The molecule has 0 saturated heterocycles. The van der Waals surface area contributed by atoms with E-state index in [4.69, 9.17) is 4.74 Å². The monoisotopic (exact) mass is 923 g/mol. The second-order valence-electron chi connectivity index (χ2n) is 10.2. The van der Waals surface area contributed by atoms with Crippen molar-refractivity contribution >= 4 is 42.0 Å². The van der Waals surface area contributed by atoms with Crippen LogP contribution in [0.25, 0.3) is 22.2 Å². The van der Waals surface area contributed by atoms with E-state index >= 15 is 0 Å². The Morgan fingerprint density at radius 2 is 1.77 bits per heavy atom. The largest absolute Gasteiger partial charge is 0.483 e. The SMILES string of the molecule is CC.CCO[C@@H]1C[CH-]C(C(=O)O)[C@H](c2ccc(-c3ccc4c(c3)nc(C)n4C)cc2)C1.CNS.O=CNc1ccc(C(F)(F)F)cn1.[Cf]. The molecule has 3 N–H and O–H groups in total. The van der Waals surface area contributed by atoms with E-state index in [1.54, 1.807) is 7.05 Å². The van der Waals surface area contributed by atoms with Crippen molar-refractivity contribution < 1.29 is 32.6 Å². The smallest absolute Gasteiger partial charge is 0.417 e. The number of carbonyl (C=O) groups excluding carboxylic acids is 1. The number of alkyl halides is 3. The third kappa shape index (κ3) is 11.1. The number of aliphatic carboxylic acids is 1. The van der Waals surface area contributed by atoms with Crippen molar-refractivity contribution in [2.45, 2.75) is 58.7 Å². The summed E-state index contributed by atoms with van der Waals surface area (Å²) in [6.45, 7) is 8.63. The first-order valence-corrected chi connectivity index (χ1v) is 15.6. The fourth-order valence-corrected chi connectivity index (χ4v) is 5.11. The second kappa shape index (κ2) is 19.7. The number of carbonyl (C=O) groups is 2. The van der Waals surface area contributed by atoms with Gasteiger partial charge in [0.2, 0.25) is 6.41 Å². The Morgan fingerprint density at radius 3 is 2.29 bits per heavy atom. The molecule has 9 nitrogen and oxygen atoms in total. The Morgan fingerprint density at radius 1 is 1.15 bits per heavy atom. The summed E-state index contributed by atoms with van der Waals surface area (Å²) < 4.78 is 46.2. The van der Waals surface area contributed by atoms with Crippen molar-refractivity contribution in [2.75, 3.05) is 19.0 Å². The number of amides is 1. The van der Waals surface area contributed by atoms with Crippen molar-refractivity contribution in [1.82, 2.24) is 19.3 Å². The molecule has 1 amide bonds. The van der Waals surface area contributed by atoms with Gasteiger partial charge in [0, 0.05) is 26.0 Å². The first-order chi connectivity index (χ1) is 22.4. The Hall–Kier alpha value is -4.94. The summed E-state index contributed by atoms with van der Waals surface area (Å²) in [7, 11) is 3.76. The number of hydrogen-bond donors (Lipinski definition) is 4. The van der Waals surface area contributed by atoms with E-state index in [0.29, 0.717) is 25.6 Å². The summed E-state index contributed by atoms with van der Waals surface area (Å²) in [5.41, 5.74) is 4.53. The van der Waals surface area contributed by atoms with Crippen LogP contribution in [-0.2, 0) is 27.5 Å². The number of benzene rings is 2. The molecule has 3 atom stereocenters. The number of nitrogens with one attached hydrogen (secondary N) is 2. The molecule has 14 heteroatoms. The number of fused-ring (bicyclic) bond motifs is 1. The quantitative estimate of drug-likeness (QED) is 0.0863. The fraction of sp³-hybridized carbons (Fsp3) is 0.382. The number of thiol groups is 1. The van der Waals surface area contributed by atoms with E-state index in [2.05, 4.69) is 79.9 Å². The molecule has 266 valence electrons. The minimum atomic E-state index is -4.40. The molecule has 2 heterocycles. The van der Waals surface area contributed by atoms with Crippen LogP contribution in [0.15, 0.2) is 60.8 Å². The fourth-order valence-electron chi connectivity index (χ4n) is 5.11. The molecular weight excluding hydrogens is 882 g/mol. The minimum Gasteiger partial charge on any atom is -0.483 e. The van der Waals surface area contributed by atoms with Gasteiger partial charge in [0.15, 0.2) is 0 Å². The number of pyridine rings is 1. The molecule has 1 aliphatic carbocycles. The van der Waals surface area contributed by atoms with Gasteiger partial charge in [0.1, 0.15) is 11.6 Å². The Kier molecular flexibility index (Phi) is 16.8. The molecule has 1 saturated carbocycles. The molecule has 48 heavy (non-hydrogen) atoms. The zero-order valence-electron chi connectivity index (χ0n) is 27.7. The average Bonchev–Trinajstić information content (AvgIpc) is 3.35. The van der Waals surface area contributed by atoms with Crippen LogP contribution in [0.5, 0.6) is 0 Å². The molecular formula is C34H43CfF3N5O4S-. The van der Waals surface area contributed by atoms with E-state index in [9.17, 15) is 27.9 Å². The standard InChI is InChI=1S/C24H27N2O3.C7H5F3N2O.C2H6.CH5NS.Cf/c1-4-29-19-10-11-20(24(27)28)21(14-19)17-7-5-16(6-8-17)18-9-12-23-22(13-18)25-15(2)26(23)3;8-7(9,10)5-1-2-6(11-3-5)12-4-13;1-2;1-2-3;/h5-9,11-13,19-21H,4,10,14H2,1-3H3,(H,27,28);1-4H,(H,11,12,13);1-2H3;2-3H,1H3;/q-1;;;;/t19-,20?,21+;;;;/m1..../s1. The number of rotatable bonds is 7. The van der Waals surface area contributed by atoms with E-state index in [-0.39, 0.29) is 17.8 Å². The number of imidazole rings is 1. The molecule has 1 aliphatic rings. The Balaban J connectivity index is 0.000000509. The van der Waals surface area contributed by atoms with Gasteiger partial charge >= 0.3 is 6.18 Å². The Bertz CT molecular complexity index is 1550. The molecule has 5 rings (SSSR count). The molecule has 0 spiro atoms. The van der Waals surface area contributed by atoms with Gasteiger partial charge in [-0.25, -0.2) is 9.97 Å². The van der Waals surface area contributed by atoms with Crippen LogP contribution >= 0.6 is 12.8 Å². The molecule has 1 unspecified atom stereocenters. The zero-order chi connectivity index (χ0) is 35.1. The van der Waals surface area contributed by atoms with Crippen molar-refractivity contribution in [2.24, 2.45) is 13.0 Å². The number of ether oxygens (including phenoxy) is 1. The van der Waals surface area contributed by atoms with Crippen LogP contribution in [0, 0.1) is 19.3 Å². The van der Waals surface area contributed by atoms with Gasteiger partial charge < -0.3 is 26.1 Å². The van der Waals surface area contributed by atoms with Crippen LogP contribution in [0.1, 0.15) is 56.5 Å². The number of anilines is 1. The number of carboxylic acids is 1. The molecule has 2 aromatic carbocycles. The van der Waals surface area contributed by atoms with E-state index in [1.807, 2.05) is 41.2 Å². The van der Waals surface area contributed by atoms with Crippen molar-refractivity contribution in [3.8, 4) is 11.1 Å². The number of halogens is 3. The topological polar surface area (TPSA) is 118 Å². The van der Waals surface area contributed by atoms with Crippen LogP contribution in [0.2, 0.25) is 0 Å². The predicted molar refractivity (Wildman–Crippen MR) is 182 cm³/mol. The molecule has 0 aliphatic heterocycles. The summed E-state index contributed by atoms with van der Waals surface area (Å²) in [4.78, 5) is 29.6. The van der Waals surface area contributed by atoms with Crippen LogP contribution in [0.4, 0.5) is 19.0 Å². The number of hydrogen-bond acceptors (Lipinski definition) is 7. The third-order valence-corrected chi connectivity index (χ3v) is 7.36. The maximum atomic E-state index is 12.0. The summed E-state index contributed by atoms with van der Waals surface area (Å²) in [6.07, 6.45) is 0.0361. The van der Waals surface area contributed by atoms with Gasteiger partial charge in [0.25, 0.3) is 5.97 Å². The average molecular weight is 926 g/mol.